The number of pyridine rings is 1. The molecule has 0 aliphatic carbocycles. The molecule has 0 fully saturated rings. The topological polar surface area (TPSA) is 45.2 Å². The third kappa shape index (κ3) is 4.46. The number of nitrogens with zero attached hydrogens (tertiary/aromatic N) is 2. The van der Waals surface area contributed by atoms with E-state index in [0.717, 1.165) is 7.05 Å². The van der Waals surface area contributed by atoms with Gasteiger partial charge in [-0.05, 0) is 0 Å². The second-order valence-corrected chi connectivity index (χ2v) is 3.91. The number of carbonyl (C=O) groups is 1. The van der Waals surface area contributed by atoms with Crippen LogP contribution in [-0.4, -0.2) is 42.1 Å². The van der Waals surface area contributed by atoms with Gasteiger partial charge in [-0.15, -0.1) is 0 Å². The predicted octanol–water partition coefficient (Wildman–Crippen LogP) is 2.07. The van der Waals surface area contributed by atoms with Gasteiger partial charge in [0.15, 0.2) is 0 Å². The fourth-order valence-electron chi connectivity index (χ4n) is 1.30. The predicted molar refractivity (Wildman–Crippen MR) is 56.3 cm³/mol. The van der Waals surface area contributed by atoms with E-state index in [4.69, 9.17) is 0 Å². The molecule has 1 heterocycles. The second kappa shape index (κ2) is 6.14. The number of anilines is 1. The third-order valence-corrected chi connectivity index (χ3v) is 2.26. The highest BCUT2D eigenvalue weighted by atomic mass is 19.4. The summed E-state index contributed by atoms with van der Waals surface area (Å²) in [5, 5.41) is 1.70. The van der Waals surface area contributed by atoms with Crippen molar-refractivity contribution < 1.29 is 35.5 Å². The van der Waals surface area contributed by atoms with Gasteiger partial charge in [-0.1, -0.05) is 0 Å². The van der Waals surface area contributed by atoms with E-state index < -0.39 is 54.4 Å². The molecular weight excluding hydrogens is 311 g/mol. The number of hydrogen-bond donors (Lipinski definition) is 1. The van der Waals surface area contributed by atoms with Crippen molar-refractivity contribution in [2.45, 2.75) is 6.18 Å². The molecule has 0 spiro atoms. The summed E-state index contributed by atoms with van der Waals surface area (Å²) < 4.78 is 87.9. The van der Waals surface area contributed by atoms with Crippen LogP contribution in [0, 0.1) is 23.5 Å². The van der Waals surface area contributed by atoms with Crippen LogP contribution in [0.1, 0.15) is 0 Å². The van der Waals surface area contributed by atoms with Crippen molar-refractivity contribution in [1.82, 2.24) is 9.88 Å². The molecule has 0 radical (unpaired) electrons. The number of halogens is 7. The molecule has 1 amide bonds. The van der Waals surface area contributed by atoms with Crippen LogP contribution in [-0.2, 0) is 4.79 Å². The lowest BCUT2D eigenvalue weighted by Gasteiger charge is -2.19. The number of hydrogen-bond acceptors (Lipinski definition) is 3. The van der Waals surface area contributed by atoms with Gasteiger partial charge >= 0.3 is 6.18 Å². The Morgan fingerprint density at radius 3 is 2.05 bits per heavy atom. The SMILES string of the molecule is CN(CC(F)(F)F)C(=O)CNc1c(F)c(F)nc(F)c1F. The van der Waals surface area contributed by atoms with Gasteiger partial charge in [0.25, 0.3) is 11.9 Å². The van der Waals surface area contributed by atoms with Crippen LogP contribution in [0.3, 0.4) is 0 Å². The van der Waals surface area contributed by atoms with Gasteiger partial charge in [0.1, 0.15) is 12.2 Å². The average molecular weight is 319 g/mol. The van der Waals surface area contributed by atoms with Gasteiger partial charge in [-0.3, -0.25) is 4.79 Å². The largest absolute Gasteiger partial charge is 0.406 e. The first-order chi connectivity index (χ1) is 9.53. The molecule has 1 rings (SSSR count). The Kier molecular flexibility index (Phi) is 4.97. The second-order valence-electron chi connectivity index (χ2n) is 3.91. The molecule has 11 heteroatoms. The molecule has 1 aromatic rings. The van der Waals surface area contributed by atoms with E-state index in [0.29, 0.717) is 0 Å². The summed E-state index contributed by atoms with van der Waals surface area (Å²) in [5.41, 5.74) is -1.33. The molecule has 0 atom stereocenters. The molecule has 118 valence electrons. The van der Waals surface area contributed by atoms with Crippen LogP contribution >= 0.6 is 0 Å². The van der Waals surface area contributed by atoms with Gasteiger partial charge < -0.3 is 10.2 Å². The maximum atomic E-state index is 13.2. The van der Waals surface area contributed by atoms with Crippen LogP contribution < -0.4 is 5.32 Å². The Hall–Kier alpha value is -2.07. The van der Waals surface area contributed by atoms with E-state index >= 15 is 0 Å². The minimum atomic E-state index is -4.66. The van der Waals surface area contributed by atoms with Gasteiger partial charge in [-0.25, -0.2) is 0 Å². The first-order valence-electron chi connectivity index (χ1n) is 5.27. The summed E-state index contributed by atoms with van der Waals surface area (Å²) in [6, 6.07) is 0. The number of amides is 1. The van der Waals surface area contributed by atoms with E-state index in [1.807, 2.05) is 0 Å². The molecular formula is C10H8F7N3O. The van der Waals surface area contributed by atoms with Crippen LogP contribution in [0.5, 0.6) is 0 Å². The zero-order valence-electron chi connectivity index (χ0n) is 10.4. The Balaban J connectivity index is 2.78. The Labute approximate surface area is 113 Å². The maximum Gasteiger partial charge on any atom is 0.406 e. The minimum absolute atomic E-state index is 0.233. The number of carbonyl (C=O) groups excluding carboxylic acids is 1. The normalized spacial score (nSPS) is 11.4. The fraction of sp³-hybridized carbons (Fsp3) is 0.400. The van der Waals surface area contributed by atoms with Crippen molar-refractivity contribution in [2.24, 2.45) is 0 Å². The summed E-state index contributed by atoms with van der Waals surface area (Å²) in [5.74, 6) is -8.87. The molecule has 0 aliphatic rings. The van der Waals surface area contributed by atoms with E-state index in [9.17, 15) is 35.5 Å². The molecule has 21 heavy (non-hydrogen) atoms. The lowest BCUT2D eigenvalue weighted by molar-refractivity contribution is -0.157. The highest BCUT2D eigenvalue weighted by molar-refractivity contribution is 5.80. The molecule has 0 unspecified atom stereocenters. The molecule has 0 aliphatic heterocycles. The van der Waals surface area contributed by atoms with Crippen molar-refractivity contribution in [3.8, 4) is 0 Å². The molecule has 0 bridgehead atoms. The molecule has 0 aromatic carbocycles. The first kappa shape index (κ1) is 17.0. The third-order valence-electron chi connectivity index (χ3n) is 2.26. The fourth-order valence-corrected chi connectivity index (χ4v) is 1.30. The molecule has 1 aromatic heterocycles. The van der Waals surface area contributed by atoms with Crippen LogP contribution in [0.4, 0.5) is 36.4 Å². The smallest absolute Gasteiger partial charge is 0.371 e. The molecule has 4 nitrogen and oxygen atoms in total. The number of alkyl halides is 3. The van der Waals surface area contributed by atoms with E-state index in [1.54, 1.807) is 5.32 Å². The summed E-state index contributed by atoms with van der Waals surface area (Å²) in [7, 11) is 0.804. The lowest BCUT2D eigenvalue weighted by atomic mass is 10.3. The maximum absolute atomic E-state index is 13.2. The summed E-state index contributed by atoms with van der Waals surface area (Å²) in [4.78, 5) is 13.8. The van der Waals surface area contributed by atoms with Crippen LogP contribution in [0.2, 0.25) is 0 Å². The average Bonchev–Trinajstić information content (AvgIpc) is 2.34. The zero-order valence-corrected chi connectivity index (χ0v) is 10.4. The van der Waals surface area contributed by atoms with Gasteiger partial charge in [0.05, 0.1) is 6.54 Å². The van der Waals surface area contributed by atoms with Gasteiger partial charge in [0, 0.05) is 7.05 Å². The lowest BCUT2D eigenvalue weighted by Crippen LogP contribution is -2.39. The first-order valence-corrected chi connectivity index (χ1v) is 5.27. The van der Waals surface area contributed by atoms with Crippen molar-refractivity contribution in [3.05, 3.63) is 23.5 Å². The van der Waals surface area contributed by atoms with Crippen molar-refractivity contribution in [2.75, 3.05) is 25.5 Å². The Bertz CT molecular complexity index is 520. The van der Waals surface area contributed by atoms with Crippen molar-refractivity contribution in [1.29, 1.82) is 0 Å². The standard InChI is InChI=1S/C10H8F7N3O/c1-20(3-10(15,16)17)4(21)2-18-7-5(11)8(13)19-9(14)6(7)12/h2-3H2,1H3,(H,18,19). The zero-order chi connectivity index (χ0) is 16.4. The van der Waals surface area contributed by atoms with E-state index in [2.05, 4.69) is 4.98 Å². The van der Waals surface area contributed by atoms with Crippen LogP contribution in [0.25, 0.3) is 0 Å². The van der Waals surface area contributed by atoms with Crippen molar-refractivity contribution >= 4 is 11.6 Å². The highest BCUT2D eigenvalue weighted by Gasteiger charge is 2.31. The number of likely N-dealkylation sites (N-methyl/N-ethyl adjacent to an activating group) is 1. The van der Waals surface area contributed by atoms with Gasteiger partial charge in [0.2, 0.25) is 17.5 Å². The monoisotopic (exact) mass is 319 g/mol. The number of aromatic nitrogens is 1. The van der Waals surface area contributed by atoms with E-state index in [1.165, 1.54) is 0 Å². The van der Waals surface area contributed by atoms with E-state index in [-0.39, 0.29) is 4.90 Å². The summed E-state index contributed by atoms with van der Waals surface area (Å²) >= 11 is 0. The quantitative estimate of drug-likeness (QED) is 0.683. The molecule has 0 saturated carbocycles. The molecule has 0 saturated heterocycles. The van der Waals surface area contributed by atoms with Gasteiger partial charge in [-0.2, -0.15) is 35.7 Å². The van der Waals surface area contributed by atoms with Crippen LogP contribution in [0.15, 0.2) is 0 Å². The number of rotatable bonds is 4. The summed E-state index contributed by atoms with van der Waals surface area (Å²) in [6.07, 6.45) is -4.66. The molecule has 1 N–H and O–H groups in total. The Morgan fingerprint density at radius 2 is 1.62 bits per heavy atom. The van der Waals surface area contributed by atoms with Crippen molar-refractivity contribution in [3.63, 3.8) is 0 Å². The Morgan fingerprint density at radius 1 is 1.14 bits per heavy atom. The minimum Gasteiger partial charge on any atom is -0.371 e. The summed E-state index contributed by atoms with van der Waals surface area (Å²) in [6.45, 7) is -2.58. The number of nitrogens with one attached hydrogen (secondary N) is 1. The highest BCUT2D eigenvalue weighted by Crippen LogP contribution is 2.22.